The summed E-state index contributed by atoms with van der Waals surface area (Å²) in [6.45, 7) is 4.23. The Hall–Kier alpha value is -0.920. The van der Waals surface area contributed by atoms with Gasteiger partial charge in [-0.2, -0.15) is 0 Å². The zero-order valence-electron chi connectivity index (χ0n) is 14.8. The summed E-state index contributed by atoms with van der Waals surface area (Å²) in [6.07, 6.45) is 12.5. The van der Waals surface area contributed by atoms with Crippen LogP contribution in [-0.2, 0) is 6.42 Å². The second-order valence-electron chi connectivity index (χ2n) is 7.26. The van der Waals surface area contributed by atoms with Crippen LogP contribution in [0.15, 0.2) is 12.1 Å². The Balaban J connectivity index is 1.89. The van der Waals surface area contributed by atoms with Crippen LogP contribution in [0.2, 0.25) is 0 Å². The molecule has 23 heavy (non-hydrogen) atoms. The van der Waals surface area contributed by atoms with Crippen LogP contribution in [0.5, 0.6) is 0 Å². The topological polar surface area (TPSA) is 0 Å². The summed E-state index contributed by atoms with van der Waals surface area (Å²) in [5, 5.41) is 0. The van der Waals surface area contributed by atoms with Crippen molar-refractivity contribution in [2.45, 2.75) is 90.4 Å². The van der Waals surface area contributed by atoms with Gasteiger partial charge in [-0.3, -0.25) is 0 Å². The van der Waals surface area contributed by atoms with Crippen molar-refractivity contribution in [1.29, 1.82) is 0 Å². The fraction of sp³-hybridized carbons (Fsp3) is 0.714. The van der Waals surface area contributed by atoms with Crippen LogP contribution in [0.3, 0.4) is 0 Å². The highest BCUT2D eigenvalue weighted by Gasteiger charge is 2.25. The number of rotatable bonds is 8. The van der Waals surface area contributed by atoms with Gasteiger partial charge in [-0.05, 0) is 55.1 Å². The average Bonchev–Trinajstić information content (AvgIpc) is 2.57. The quantitative estimate of drug-likeness (QED) is 0.445. The molecular weight excluding hydrogens is 290 g/mol. The average molecular weight is 322 g/mol. The van der Waals surface area contributed by atoms with Gasteiger partial charge in [-0.15, -0.1) is 0 Å². The molecule has 0 heterocycles. The Kier molecular flexibility index (Phi) is 7.52. The lowest BCUT2D eigenvalue weighted by atomic mass is 9.76. The first kappa shape index (κ1) is 18.4. The molecule has 0 unspecified atom stereocenters. The van der Waals surface area contributed by atoms with Crippen LogP contribution in [0.25, 0.3) is 0 Å². The van der Waals surface area contributed by atoms with Gasteiger partial charge in [0.1, 0.15) is 0 Å². The molecule has 1 aliphatic rings. The molecule has 0 aromatic heterocycles. The molecule has 0 radical (unpaired) electrons. The van der Waals surface area contributed by atoms with Gasteiger partial charge in [0.05, 0.1) is 0 Å². The molecule has 1 aromatic rings. The summed E-state index contributed by atoms with van der Waals surface area (Å²) in [7, 11) is 0. The molecule has 1 aliphatic carbocycles. The van der Waals surface area contributed by atoms with Crippen molar-refractivity contribution in [1.82, 2.24) is 0 Å². The second-order valence-corrected chi connectivity index (χ2v) is 7.26. The molecule has 1 fully saturated rings. The van der Waals surface area contributed by atoms with Crippen LogP contribution < -0.4 is 0 Å². The van der Waals surface area contributed by atoms with Crippen molar-refractivity contribution in [3.63, 3.8) is 0 Å². The highest BCUT2D eigenvalue weighted by atomic mass is 19.2. The van der Waals surface area contributed by atoms with Crippen LogP contribution >= 0.6 is 0 Å². The molecule has 2 heteroatoms. The van der Waals surface area contributed by atoms with E-state index >= 15 is 0 Å². The van der Waals surface area contributed by atoms with Crippen LogP contribution in [0.4, 0.5) is 8.78 Å². The summed E-state index contributed by atoms with van der Waals surface area (Å²) in [4.78, 5) is 0. The third kappa shape index (κ3) is 5.02. The highest BCUT2D eigenvalue weighted by molar-refractivity contribution is 5.29. The second kappa shape index (κ2) is 9.39. The number of benzene rings is 1. The van der Waals surface area contributed by atoms with Crippen molar-refractivity contribution in [2.24, 2.45) is 5.92 Å². The molecule has 0 bridgehead atoms. The molecule has 0 spiro atoms. The van der Waals surface area contributed by atoms with Gasteiger partial charge in [0, 0.05) is 0 Å². The SMILES string of the molecule is CCCCCCC1CCC(c2ccc(CCC)c(F)c2F)CC1. The Morgan fingerprint density at radius 2 is 1.61 bits per heavy atom. The van der Waals surface area contributed by atoms with E-state index in [1.807, 2.05) is 13.0 Å². The lowest BCUT2D eigenvalue weighted by Gasteiger charge is -2.29. The van der Waals surface area contributed by atoms with E-state index in [1.165, 1.54) is 44.9 Å². The fourth-order valence-corrected chi connectivity index (χ4v) is 4.00. The lowest BCUT2D eigenvalue weighted by molar-refractivity contribution is 0.297. The summed E-state index contributed by atoms with van der Waals surface area (Å²) in [5.41, 5.74) is 1.14. The summed E-state index contributed by atoms with van der Waals surface area (Å²) < 4.78 is 28.5. The predicted molar refractivity (Wildman–Crippen MR) is 93.8 cm³/mol. The minimum Gasteiger partial charge on any atom is -0.203 e. The largest absolute Gasteiger partial charge is 0.203 e. The first-order chi connectivity index (χ1) is 11.2. The predicted octanol–water partition coefficient (Wildman–Crippen LogP) is 7.16. The van der Waals surface area contributed by atoms with Crippen LogP contribution in [0.1, 0.15) is 95.1 Å². The van der Waals surface area contributed by atoms with E-state index < -0.39 is 11.6 Å². The maximum absolute atomic E-state index is 14.4. The minimum absolute atomic E-state index is 0.215. The van der Waals surface area contributed by atoms with Crippen molar-refractivity contribution >= 4 is 0 Å². The van der Waals surface area contributed by atoms with Crippen LogP contribution in [0, 0.1) is 17.6 Å². The Morgan fingerprint density at radius 3 is 2.26 bits per heavy atom. The molecule has 0 N–H and O–H groups in total. The monoisotopic (exact) mass is 322 g/mol. The molecule has 130 valence electrons. The van der Waals surface area contributed by atoms with E-state index in [-0.39, 0.29) is 5.92 Å². The van der Waals surface area contributed by atoms with E-state index in [1.54, 1.807) is 6.07 Å². The number of unbranched alkanes of at least 4 members (excludes halogenated alkanes) is 3. The Bertz CT molecular complexity index is 473. The van der Waals surface area contributed by atoms with Gasteiger partial charge in [-0.25, -0.2) is 8.78 Å². The molecule has 0 amide bonds. The summed E-state index contributed by atoms with van der Waals surface area (Å²) >= 11 is 0. The van der Waals surface area contributed by atoms with E-state index in [0.29, 0.717) is 17.5 Å². The number of aryl methyl sites for hydroxylation is 1. The maximum Gasteiger partial charge on any atom is 0.162 e. The minimum atomic E-state index is -0.606. The Labute approximate surface area is 140 Å². The van der Waals surface area contributed by atoms with Crippen LogP contribution in [-0.4, -0.2) is 0 Å². The summed E-state index contributed by atoms with van der Waals surface area (Å²) in [5.74, 6) is -0.171. The van der Waals surface area contributed by atoms with E-state index in [2.05, 4.69) is 6.92 Å². The standard InChI is InChI=1S/C21H32F2/c1-3-5-6-7-9-16-10-12-17(13-11-16)19-15-14-18(8-4-2)20(22)21(19)23/h14-17H,3-13H2,1-2H3. The summed E-state index contributed by atoms with van der Waals surface area (Å²) in [6, 6.07) is 3.64. The first-order valence-electron chi connectivity index (χ1n) is 9.64. The zero-order chi connectivity index (χ0) is 16.7. The molecule has 0 atom stereocenters. The fourth-order valence-electron chi connectivity index (χ4n) is 4.00. The van der Waals surface area contributed by atoms with E-state index in [0.717, 1.165) is 25.2 Å². The molecule has 0 saturated heterocycles. The van der Waals surface area contributed by atoms with E-state index in [4.69, 9.17) is 0 Å². The lowest BCUT2D eigenvalue weighted by Crippen LogP contribution is -2.15. The van der Waals surface area contributed by atoms with Gasteiger partial charge in [0.2, 0.25) is 0 Å². The third-order valence-electron chi connectivity index (χ3n) is 5.46. The van der Waals surface area contributed by atoms with Crippen molar-refractivity contribution < 1.29 is 8.78 Å². The van der Waals surface area contributed by atoms with Gasteiger partial charge in [0.25, 0.3) is 0 Å². The highest BCUT2D eigenvalue weighted by Crippen LogP contribution is 2.39. The third-order valence-corrected chi connectivity index (χ3v) is 5.46. The van der Waals surface area contributed by atoms with Gasteiger partial charge in [0.15, 0.2) is 11.6 Å². The van der Waals surface area contributed by atoms with Gasteiger partial charge in [-0.1, -0.05) is 64.5 Å². The smallest absolute Gasteiger partial charge is 0.162 e. The number of hydrogen-bond donors (Lipinski definition) is 0. The molecule has 2 rings (SSSR count). The van der Waals surface area contributed by atoms with Crippen molar-refractivity contribution in [3.8, 4) is 0 Å². The number of hydrogen-bond acceptors (Lipinski definition) is 0. The van der Waals surface area contributed by atoms with E-state index in [9.17, 15) is 8.78 Å². The molecular formula is C21H32F2. The van der Waals surface area contributed by atoms with Crippen molar-refractivity contribution in [2.75, 3.05) is 0 Å². The maximum atomic E-state index is 14.4. The van der Waals surface area contributed by atoms with Gasteiger partial charge < -0.3 is 0 Å². The van der Waals surface area contributed by atoms with Crippen molar-refractivity contribution in [3.05, 3.63) is 34.9 Å². The normalized spacial score (nSPS) is 21.6. The Morgan fingerprint density at radius 1 is 0.870 bits per heavy atom. The molecule has 1 aromatic carbocycles. The number of halogens is 2. The molecule has 1 saturated carbocycles. The first-order valence-corrected chi connectivity index (χ1v) is 9.64. The molecule has 0 aliphatic heterocycles. The molecule has 0 nitrogen and oxygen atoms in total. The van der Waals surface area contributed by atoms with Gasteiger partial charge >= 0.3 is 0 Å². The zero-order valence-corrected chi connectivity index (χ0v) is 14.8.